The fourth-order valence-electron chi connectivity index (χ4n) is 5.00. The molecule has 3 saturated heterocycles. The normalized spacial score (nSPS) is 24.2. The van der Waals surface area contributed by atoms with Crippen LogP contribution in [-0.4, -0.2) is 64.6 Å². The molecule has 1 unspecified atom stereocenters. The fourth-order valence-corrected chi connectivity index (χ4v) is 5.00. The number of aromatic nitrogens is 2. The van der Waals surface area contributed by atoms with Crippen LogP contribution in [0.2, 0.25) is 0 Å². The Bertz CT molecular complexity index is 996. The Labute approximate surface area is 188 Å². The van der Waals surface area contributed by atoms with Crippen molar-refractivity contribution in [3.05, 3.63) is 41.9 Å². The third kappa shape index (κ3) is 4.91. The standard InChI is InChI=1S/C24H30N4O4/c1-15-26-20(18-5-3-4-6-22(18)32-2)12-21(27-15)19-14-28-10-9-16(19)11-17(28)13-25-23(29)7-8-24(30)31/h3-6,12,16-17,19H,7-11,13-14H2,1-2H3,(H,25,29)(H,30,31)/t16-,17+,19+/m0/s1. The molecule has 170 valence electrons. The van der Waals surface area contributed by atoms with E-state index in [4.69, 9.17) is 14.8 Å². The maximum absolute atomic E-state index is 11.9. The quantitative estimate of drug-likeness (QED) is 0.653. The average molecular weight is 439 g/mol. The zero-order valence-electron chi connectivity index (χ0n) is 18.6. The van der Waals surface area contributed by atoms with Crippen LogP contribution in [0.15, 0.2) is 30.3 Å². The fraction of sp³-hybridized carbons (Fsp3) is 0.500. The number of para-hydroxylation sites is 1. The number of carbonyl (C=O) groups excluding carboxylic acids is 1. The summed E-state index contributed by atoms with van der Waals surface area (Å²) in [5.74, 6) is 1.24. The number of aryl methyl sites for hydroxylation is 1. The number of methoxy groups -OCH3 is 1. The Balaban J connectivity index is 1.46. The maximum Gasteiger partial charge on any atom is 0.303 e. The number of aliphatic carboxylic acids is 1. The van der Waals surface area contributed by atoms with Crippen molar-refractivity contribution in [2.45, 2.75) is 44.6 Å². The number of fused-ring (bicyclic) bond motifs is 3. The van der Waals surface area contributed by atoms with Gasteiger partial charge in [0.1, 0.15) is 11.6 Å². The molecule has 3 fully saturated rings. The van der Waals surface area contributed by atoms with Crippen LogP contribution in [0.5, 0.6) is 5.75 Å². The van der Waals surface area contributed by atoms with Gasteiger partial charge in [0, 0.05) is 42.7 Å². The van der Waals surface area contributed by atoms with E-state index in [2.05, 4.69) is 21.3 Å². The summed E-state index contributed by atoms with van der Waals surface area (Å²) >= 11 is 0. The van der Waals surface area contributed by atoms with Gasteiger partial charge in [0.25, 0.3) is 0 Å². The summed E-state index contributed by atoms with van der Waals surface area (Å²) < 4.78 is 5.53. The summed E-state index contributed by atoms with van der Waals surface area (Å²) in [5, 5.41) is 11.7. The van der Waals surface area contributed by atoms with E-state index < -0.39 is 5.97 Å². The van der Waals surface area contributed by atoms with Crippen LogP contribution < -0.4 is 10.1 Å². The van der Waals surface area contributed by atoms with Crippen LogP contribution in [0.4, 0.5) is 0 Å². The monoisotopic (exact) mass is 438 g/mol. The molecular formula is C24H30N4O4. The van der Waals surface area contributed by atoms with Gasteiger partial charge in [-0.3, -0.25) is 14.5 Å². The third-order valence-electron chi connectivity index (χ3n) is 6.60. The third-order valence-corrected chi connectivity index (χ3v) is 6.60. The molecule has 5 rings (SSSR count). The number of carboxylic acids is 1. The van der Waals surface area contributed by atoms with E-state index in [1.54, 1.807) is 7.11 Å². The lowest BCUT2D eigenvalue weighted by Gasteiger charge is -2.49. The molecule has 8 heteroatoms. The van der Waals surface area contributed by atoms with Gasteiger partial charge >= 0.3 is 5.97 Å². The topological polar surface area (TPSA) is 105 Å². The van der Waals surface area contributed by atoms with Gasteiger partial charge in [0.05, 0.1) is 19.2 Å². The summed E-state index contributed by atoms with van der Waals surface area (Å²) in [4.78, 5) is 34.5. The Morgan fingerprint density at radius 2 is 2.06 bits per heavy atom. The number of carbonyl (C=O) groups is 2. The Morgan fingerprint density at radius 3 is 2.78 bits per heavy atom. The number of hydrogen-bond acceptors (Lipinski definition) is 6. The largest absolute Gasteiger partial charge is 0.496 e. The summed E-state index contributed by atoms with van der Waals surface area (Å²) in [6.45, 7) is 4.42. The molecule has 32 heavy (non-hydrogen) atoms. The number of carboxylic acid groups (broad SMARTS) is 1. The van der Waals surface area contributed by atoms with Crippen LogP contribution in [0, 0.1) is 12.8 Å². The second-order valence-electron chi connectivity index (χ2n) is 8.66. The Hall–Kier alpha value is -3.00. The molecule has 2 N–H and O–H groups in total. The second kappa shape index (κ2) is 9.65. The van der Waals surface area contributed by atoms with Crippen molar-refractivity contribution >= 4 is 11.9 Å². The van der Waals surface area contributed by atoms with E-state index in [-0.39, 0.29) is 24.8 Å². The number of nitrogens with one attached hydrogen (secondary N) is 1. The van der Waals surface area contributed by atoms with Crippen LogP contribution >= 0.6 is 0 Å². The number of benzene rings is 1. The van der Waals surface area contributed by atoms with E-state index in [1.807, 2.05) is 31.2 Å². The first kappa shape index (κ1) is 22.2. The number of rotatable bonds is 8. The van der Waals surface area contributed by atoms with E-state index in [1.165, 1.54) is 0 Å². The smallest absolute Gasteiger partial charge is 0.303 e. The molecule has 2 aromatic rings. The van der Waals surface area contributed by atoms with Crippen LogP contribution in [-0.2, 0) is 9.59 Å². The van der Waals surface area contributed by atoms with Crippen molar-refractivity contribution in [2.75, 3.05) is 26.7 Å². The predicted octanol–water partition coefficient (Wildman–Crippen LogP) is 2.62. The molecule has 0 saturated carbocycles. The number of ether oxygens (including phenoxy) is 1. The minimum absolute atomic E-state index is 0.0278. The molecule has 4 atom stereocenters. The number of amides is 1. The van der Waals surface area contributed by atoms with Gasteiger partial charge in [-0.2, -0.15) is 0 Å². The first-order valence-electron chi connectivity index (χ1n) is 11.2. The average Bonchev–Trinajstić information content (AvgIpc) is 2.81. The minimum Gasteiger partial charge on any atom is -0.496 e. The van der Waals surface area contributed by atoms with E-state index >= 15 is 0 Å². The van der Waals surface area contributed by atoms with E-state index in [9.17, 15) is 9.59 Å². The second-order valence-corrected chi connectivity index (χ2v) is 8.66. The number of hydrogen-bond donors (Lipinski definition) is 2. The molecule has 3 aliphatic heterocycles. The molecule has 1 amide bonds. The lowest BCUT2D eigenvalue weighted by molar-refractivity contribution is -0.138. The van der Waals surface area contributed by atoms with Gasteiger partial charge in [-0.1, -0.05) is 12.1 Å². The zero-order valence-corrected chi connectivity index (χ0v) is 18.6. The highest BCUT2D eigenvalue weighted by Crippen LogP contribution is 2.42. The van der Waals surface area contributed by atoms with Crippen molar-refractivity contribution in [2.24, 2.45) is 5.92 Å². The molecule has 1 aromatic carbocycles. The first-order chi connectivity index (χ1) is 15.4. The Morgan fingerprint density at radius 1 is 1.25 bits per heavy atom. The van der Waals surface area contributed by atoms with Gasteiger partial charge in [-0.05, 0) is 50.4 Å². The predicted molar refractivity (Wildman–Crippen MR) is 119 cm³/mol. The summed E-state index contributed by atoms with van der Waals surface area (Å²) in [5.41, 5.74) is 2.91. The van der Waals surface area contributed by atoms with Gasteiger partial charge in [-0.25, -0.2) is 9.97 Å². The molecule has 3 aliphatic rings. The van der Waals surface area contributed by atoms with Gasteiger partial charge in [-0.15, -0.1) is 0 Å². The first-order valence-corrected chi connectivity index (χ1v) is 11.2. The molecule has 0 radical (unpaired) electrons. The maximum atomic E-state index is 11.9. The molecule has 0 aliphatic carbocycles. The highest BCUT2D eigenvalue weighted by molar-refractivity contribution is 5.80. The van der Waals surface area contributed by atoms with Crippen molar-refractivity contribution in [1.82, 2.24) is 20.2 Å². The van der Waals surface area contributed by atoms with Crippen LogP contribution in [0.25, 0.3) is 11.3 Å². The van der Waals surface area contributed by atoms with Crippen molar-refractivity contribution in [3.8, 4) is 17.0 Å². The van der Waals surface area contributed by atoms with Gasteiger partial charge in [0.15, 0.2) is 0 Å². The zero-order chi connectivity index (χ0) is 22.7. The SMILES string of the molecule is COc1ccccc1-c1cc([C@@H]2CN3CC[C@H]2C[C@@H]3CNC(=O)CCC(=O)O)nc(C)n1. The summed E-state index contributed by atoms with van der Waals surface area (Å²) in [6, 6.07) is 10.3. The van der Waals surface area contributed by atoms with Crippen molar-refractivity contribution in [1.29, 1.82) is 0 Å². The van der Waals surface area contributed by atoms with Gasteiger partial charge in [0.2, 0.25) is 5.91 Å². The molecule has 1 aromatic heterocycles. The lowest BCUT2D eigenvalue weighted by atomic mass is 9.74. The van der Waals surface area contributed by atoms with Crippen molar-refractivity contribution in [3.63, 3.8) is 0 Å². The highest BCUT2D eigenvalue weighted by Gasteiger charge is 2.41. The number of piperidine rings is 3. The minimum atomic E-state index is -0.948. The van der Waals surface area contributed by atoms with E-state index in [0.717, 1.165) is 54.5 Å². The molecule has 4 heterocycles. The molecule has 8 nitrogen and oxygen atoms in total. The summed E-state index contributed by atoms with van der Waals surface area (Å²) in [7, 11) is 1.67. The van der Waals surface area contributed by atoms with Crippen molar-refractivity contribution < 1.29 is 19.4 Å². The molecule has 0 spiro atoms. The van der Waals surface area contributed by atoms with E-state index in [0.29, 0.717) is 18.4 Å². The van der Waals surface area contributed by atoms with Crippen LogP contribution in [0.3, 0.4) is 0 Å². The summed E-state index contributed by atoms with van der Waals surface area (Å²) in [6.07, 6.45) is 2.00. The van der Waals surface area contributed by atoms with Gasteiger partial charge < -0.3 is 15.2 Å². The molecular weight excluding hydrogens is 408 g/mol. The number of nitrogens with zero attached hydrogens (tertiary/aromatic N) is 3. The highest BCUT2D eigenvalue weighted by atomic mass is 16.5. The Kier molecular flexibility index (Phi) is 6.69. The molecule has 2 bridgehead atoms. The van der Waals surface area contributed by atoms with Crippen LogP contribution in [0.1, 0.15) is 43.1 Å². The lowest BCUT2D eigenvalue weighted by Crippen LogP contribution is -2.56.